The van der Waals surface area contributed by atoms with E-state index in [1.165, 1.54) is 25.9 Å². The Kier molecular flexibility index (Phi) is 5.86. The summed E-state index contributed by atoms with van der Waals surface area (Å²) in [5, 5.41) is 0. The zero-order chi connectivity index (χ0) is 12.9. The van der Waals surface area contributed by atoms with Crippen molar-refractivity contribution in [1.29, 1.82) is 0 Å². The van der Waals surface area contributed by atoms with E-state index in [9.17, 15) is 0 Å². The number of methoxy groups -OCH3 is 1. The standard InChI is InChI=1S/C13H29N3O/c1-13(11-14,7-10-17-4)16(3)12-5-8-15(2)9-6-12/h12H,5-11,14H2,1-4H3. The lowest BCUT2D eigenvalue weighted by Crippen LogP contribution is -2.56. The van der Waals surface area contributed by atoms with Crippen LogP contribution in [0.25, 0.3) is 0 Å². The average molecular weight is 243 g/mol. The fraction of sp³-hybridized carbons (Fsp3) is 1.00. The summed E-state index contributed by atoms with van der Waals surface area (Å²) in [6.45, 7) is 6.12. The second-order valence-corrected chi connectivity index (χ2v) is 5.59. The van der Waals surface area contributed by atoms with Crippen molar-refractivity contribution in [2.45, 2.75) is 37.8 Å². The molecule has 0 aromatic carbocycles. The van der Waals surface area contributed by atoms with Gasteiger partial charge in [-0.1, -0.05) is 0 Å². The average Bonchev–Trinajstić information content (AvgIpc) is 2.36. The highest BCUT2D eigenvalue weighted by Crippen LogP contribution is 2.24. The molecule has 4 nitrogen and oxygen atoms in total. The monoisotopic (exact) mass is 243 g/mol. The van der Waals surface area contributed by atoms with Gasteiger partial charge in [-0.3, -0.25) is 4.90 Å². The number of hydrogen-bond acceptors (Lipinski definition) is 4. The topological polar surface area (TPSA) is 41.7 Å². The Morgan fingerprint density at radius 2 is 2.00 bits per heavy atom. The number of rotatable bonds is 6. The Labute approximate surface area is 106 Å². The third-order valence-electron chi connectivity index (χ3n) is 4.37. The zero-order valence-electron chi connectivity index (χ0n) is 11.9. The van der Waals surface area contributed by atoms with Crippen LogP contribution in [0, 0.1) is 0 Å². The van der Waals surface area contributed by atoms with Crippen LogP contribution in [0.15, 0.2) is 0 Å². The van der Waals surface area contributed by atoms with Crippen LogP contribution in [-0.2, 0) is 4.74 Å². The van der Waals surface area contributed by atoms with Crippen molar-refractivity contribution < 1.29 is 4.74 Å². The Balaban J connectivity index is 2.55. The summed E-state index contributed by atoms with van der Waals surface area (Å²) in [7, 11) is 6.17. The van der Waals surface area contributed by atoms with Gasteiger partial charge in [0.05, 0.1) is 0 Å². The first-order valence-corrected chi connectivity index (χ1v) is 6.64. The molecule has 1 aliphatic heterocycles. The van der Waals surface area contributed by atoms with Gasteiger partial charge >= 0.3 is 0 Å². The largest absolute Gasteiger partial charge is 0.385 e. The lowest BCUT2D eigenvalue weighted by Gasteiger charge is -2.45. The lowest BCUT2D eigenvalue weighted by molar-refractivity contribution is 0.0318. The van der Waals surface area contributed by atoms with E-state index in [0.717, 1.165) is 13.0 Å². The number of nitrogens with two attached hydrogens (primary N) is 1. The molecule has 1 rings (SSSR count). The molecule has 1 fully saturated rings. The minimum Gasteiger partial charge on any atom is -0.385 e. The van der Waals surface area contributed by atoms with Crippen LogP contribution in [0.2, 0.25) is 0 Å². The van der Waals surface area contributed by atoms with Crippen molar-refractivity contribution in [2.75, 3.05) is 47.4 Å². The SMILES string of the molecule is COCCC(C)(CN)N(C)C1CCN(C)CC1. The molecule has 0 radical (unpaired) electrons. The maximum atomic E-state index is 5.98. The van der Waals surface area contributed by atoms with Gasteiger partial charge in [0.2, 0.25) is 0 Å². The summed E-state index contributed by atoms with van der Waals surface area (Å²) in [5.74, 6) is 0. The van der Waals surface area contributed by atoms with Crippen LogP contribution in [0.3, 0.4) is 0 Å². The minimum absolute atomic E-state index is 0.0661. The summed E-state index contributed by atoms with van der Waals surface area (Å²) < 4.78 is 5.20. The van der Waals surface area contributed by atoms with Gasteiger partial charge in [-0.25, -0.2) is 0 Å². The molecule has 0 amide bonds. The molecule has 0 bridgehead atoms. The Morgan fingerprint density at radius 3 is 2.47 bits per heavy atom. The van der Waals surface area contributed by atoms with Crippen molar-refractivity contribution in [1.82, 2.24) is 9.80 Å². The first-order chi connectivity index (χ1) is 8.03. The maximum absolute atomic E-state index is 5.98. The third-order valence-corrected chi connectivity index (χ3v) is 4.37. The van der Waals surface area contributed by atoms with Gasteiger partial charge in [0.1, 0.15) is 0 Å². The van der Waals surface area contributed by atoms with Crippen LogP contribution in [0.4, 0.5) is 0 Å². The normalized spacial score (nSPS) is 22.9. The van der Waals surface area contributed by atoms with Gasteiger partial charge in [0.15, 0.2) is 0 Å². The molecule has 1 atom stereocenters. The van der Waals surface area contributed by atoms with Crippen LogP contribution < -0.4 is 5.73 Å². The summed E-state index contributed by atoms with van der Waals surface area (Å²) in [4.78, 5) is 4.89. The highest BCUT2D eigenvalue weighted by molar-refractivity contribution is 4.91. The van der Waals surface area contributed by atoms with E-state index in [1.54, 1.807) is 7.11 Å². The predicted octanol–water partition coefficient (Wildman–Crippen LogP) is 0.766. The molecular formula is C13H29N3O. The van der Waals surface area contributed by atoms with Crippen molar-refractivity contribution in [3.8, 4) is 0 Å². The second-order valence-electron chi connectivity index (χ2n) is 5.59. The summed E-state index contributed by atoms with van der Waals surface area (Å²) in [5.41, 5.74) is 6.04. The molecule has 1 saturated heterocycles. The number of likely N-dealkylation sites (N-methyl/N-ethyl adjacent to an activating group) is 1. The van der Waals surface area contributed by atoms with Gasteiger partial charge < -0.3 is 15.4 Å². The van der Waals surface area contributed by atoms with Crippen LogP contribution in [0.5, 0.6) is 0 Å². The molecule has 1 aliphatic rings. The van der Waals surface area contributed by atoms with Gasteiger partial charge in [-0.15, -0.1) is 0 Å². The van der Waals surface area contributed by atoms with Crippen LogP contribution in [-0.4, -0.2) is 68.8 Å². The van der Waals surface area contributed by atoms with E-state index in [4.69, 9.17) is 10.5 Å². The van der Waals surface area contributed by atoms with E-state index in [1.807, 2.05) is 0 Å². The number of ether oxygens (including phenoxy) is 1. The molecule has 0 aliphatic carbocycles. The maximum Gasteiger partial charge on any atom is 0.0480 e. The molecule has 0 aromatic heterocycles. The van der Waals surface area contributed by atoms with Gasteiger partial charge in [0.25, 0.3) is 0 Å². The highest BCUT2D eigenvalue weighted by atomic mass is 16.5. The van der Waals surface area contributed by atoms with E-state index in [0.29, 0.717) is 12.6 Å². The summed E-state index contributed by atoms with van der Waals surface area (Å²) in [6, 6.07) is 0.664. The van der Waals surface area contributed by atoms with Crippen LogP contribution >= 0.6 is 0 Å². The van der Waals surface area contributed by atoms with Gasteiger partial charge in [-0.05, 0) is 53.4 Å². The molecule has 0 spiro atoms. The molecule has 0 saturated carbocycles. The molecule has 1 unspecified atom stereocenters. The molecule has 102 valence electrons. The second kappa shape index (κ2) is 6.69. The van der Waals surface area contributed by atoms with E-state index in [-0.39, 0.29) is 5.54 Å². The number of piperidine rings is 1. The van der Waals surface area contributed by atoms with E-state index < -0.39 is 0 Å². The Morgan fingerprint density at radius 1 is 1.41 bits per heavy atom. The quantitative estimate of drug-likeness (QED) is 0.748. The number of likely N-dealkylation sites (tertiary alicyclic amines) is 1. The minimum atomic E-state index is 0.0661. The van der Waals surface area contributed by atoms with Gasteiger partial charge in [-0.2, -0.15) is 0 Å². The fourth-order valence-electron chi connectivity index (χ4n) is 2.57. The number of nitrogens with zero attached hydrogens (tertiary/aromatic N) is 2. The number of hydrogen-bond donors (Lipinski definition) is 1. The molecule has 17 heavy (non-hydrogen) atoms. The van der Waals surface area contributed by atoms with Crippen molar-refractivity contribution in [3.63, 3.8) is 0 Å². The predicted molar refractivity (Wildman–Crippen MR) is 72.2 cm³/mol. The van der Waals surface area contributed by atoms with E-state index >= 15 is 0 Å². The van der Waals surface area contributed by atoms with Crippen molar-refractivity contribution in [3.05, 3.63) is 0 Å². The van der Waals surface area contributed by atoms with E-state index in [2.05, 4.69) is 30.8 Å². The first kappa shape index (κ1) is 14.9. The fourth-order valence-corrected chi connectivity index (χ4v) is 2.57. The lowest BCUT2D eigenvalue weighted by atomic mass is 9.91. The molecule has 2 N–H and O–H groups in total. The smallest absolute Gasteiger partial charge is 0.0480 e. The Hall–Kier alpha value is -0.160. The molecule has 1 heterocycles. The van der Waals surface area contributed by atoms with Gasteiger partial charge in [0, 0.05) is 31.8 Å². The Bertz CT molecular complexity index is 217. The zero-order valence-corrected chi connectivity index (χ0v) is 11.9. The molecule has 0 aromatic rings. The molecule has 4 heteroatoms. The summed E-state index contributed by atoms with van der Waals surface area (Å²) in [6.07, 6.45) is 3.49. The third kappa shape index (κ3) is 3.91. The van der Waals surface area contributed by atoms with Crippen molar-refractivity contribution in [2.24, 2.45) is 5.73 Å². The highest BCUT2D eigenvalue weighted by Gasteiger charge is 2.33. The van der Waals surface area contributed by atoms with Crippen LogP contribution in [0.1, 0.15) is 26.2 Å². The first-order valence-electron chi connectivity index (χ1n) is 6.64. The molecular weight excluding hydrogens is 214 g/mol. The summed E-state index contributed by atoms with van der Waals surface area (Å²) >= 11 is 0. The van der Waals surface area contributed by atoms with Crippen molar-refractivity contribution >= 4 is 0 Å².